The highest BCUT2D eigenvalue weighted by atomic mass is 31.1. The lowest BCUT2D eigenvalue weighted by Crippen LogP contribution is -1.88. The molecule has 1 atom stereocenters. The normalized spacial score (nSPS) is 31.0. The van der Waals surface area contributed by atoms with Crippen LogP contribution in [0.4, 0.5) is 0 Å². The predicted octanol–water partition coefficient (Wildman–Crippen LogP) is 0.250. The third kappa shape index (κ3) is 1.04. The van der Waals surface area contributed by atoms with Crippen LogP contribution in [-0.4, -0.2) is 18.7 Å². The van der Waals surface area contributed by atoms with Crippen molar-refractivity contribution in [1.82, 2.24) is 5.32 Å². The SMILES string of the molecule is O=PCC1CN1. The molecule has 0 bridgehead atoms. The fourth-order valence-corrected chi connectivity index (χ4v) is 0.741. The molecule has 1 aliphatic rings. The van der Waals surface area contributed by atoms with Crippen LogP contribution in [0.3, 0.4) is 0 Å². The van der Waals surface area contributed by atoms with Crippen LogP contribution in [0.25, 0.3) is 0 Å². The van der Waals surface area contributed by atoms with E-state index in [1.165, 1.54) is 0 Å². The summed E-state index contributed by atoms with van der Waals surface area (Å²) in [4.78, 5) is 0. The summed E-state index contributed by atoms with van der Waals surface area (Å²) in [5, 5.41) is 3.03. The molecule has 6 heavy (non-hydrogen) atoms. The second-order valence-electron chi connectivity index (χ2n) is 1.42. The maximum atomic E-state index is 9.71. The number of hydrogen-bond donors (Lipinski definition) is 1. The maximum Gasteiger partial charge on any atom is 0.156 e. The van der Waals surface area contributed by atoms with Crippen LogP contribution in [-0.2, 0) is 4.57 Å². The Kier molecular flexibility index (Phi) is 1.18. The highest BCUT2D eigenvalue weighted by Gasteiger charge is 2.18. The number of rotatable bonds is 2. The van der Waals surface area contributed by atoms with Crippen molar-refractivity contribution in [2.75, 3.05) is 12.7 Å². The highest BCUT2D eigenvalue weighted by Crippen LogP contribution is 2.03. The minimum Gasteiger partial charge on any atom is -0.310 e. The van der Waals surface area contributed by atoms with E-state index in [-0.39, 0.29) is 8.46 Å². The van der Waals surface area contributed by atoms with Gasteiger partial charge in [0.15, 0.2) is 8.46 Å². The van der Waals surface area contributed by atoms with Crippen LogP contribution in [0, 0.1) is 0 Å². The maximum absolute atomic E-state index is 9.71. The van der Waals surface area contributed by atoms with Crippen molar-refractivity contribution in [3.05, 3.63) is 0 Å². The summed E-state index contributed by atoms with van der Waals surface area (Å²) in [6.45, 7) is 1.06. The zero-order valence-electron chi connectivity index (χ0n) is 3.35. The van der Waals surface area contributed by atoms with Crippen molar-refractivity contribution >= 4 is 8.46 Å². The Balaban J connectivity index is 2.00. The van der Waals surface area contributed by atoms with Crippen LogP contribution in [0.2, 0.25) is 0 Å². The van der Waals surface area contributed by atoms with Crippen LogP contribution < -0.4 is 5.32 Å². The van der Waals surface area contributed by atoms with E-state index >= 15 is 0 Å². The van der Waals surface area contributed by atoms with E-state index in [4.69, 9.17) is 0 Å². The fourth-order valence-electron chi connectivity index (χ4n) is 0.302. The molecule has 0 aromatic heterocycles. The summed E-state index contributed by atoms with van der Waals surface area (Å²) in [6, 6.07) is 0.573. The molecule has 1 fully saturated rings. The lowest BCUT2D eigenvalue weighted by Gasteiger charge is -1.70. The molecule has 0 radical (unpaired) electrons. The predicted molar refractivity (Wildman–Crippen MR) is 24.3 cm³/mol. The van der Waals surface area contributed by atoms with Crippen molar-refractivity contribution in [3.63, 3.8) is 0 Å². The molecule has 1 heterocycles. The molecular weight excluding hydrogens is 97.0 g/mol. The third-order valence-electron chi connectivity index (χ3n) is 0.788. The summed E-state index contributed by atoms with van der Waals surface area (Å²) < 4.78 is 9.71. The van der Waals surface area contributed by atoms with Gasteiger partial charge in [0.25, 0.3) is 0 Å². The highest BCUT2D eigenvalue weighted by molar-refractivity contribution is 7.23. The molecule has 1 unspecified atom stereocenters. The third-order valence-corrected chi connectivity index (χ3v) is 1.38. The fraction of sp³-hybridized carbons (Fsp3) is 1.00. The Morgan fingerprint density at radius 3 is 2.83 bits per heavy atom. The van der Waals surface area contributed by atoms with Crippen molar-refractivity contribution in [3.8, 4) is 0 Å². The summed E-state index contributed by atoms with van der Waals surface area (Å²) >= 11 is 0. The van der Waals surface area contributed by atoms with Gasteiger partial charge < -0.3 is 5.32 Å². The van der Waals surface area contributed by atoms with E-state index in [9.17, 15) is 4.57 Å². The average Bonchev–Trinajstić information content (AvgIpc) is 2.21. The van der Waals surface area contributed by atoms with Crippen molar-refractivity contribution in [2.45, 2.75) is 6.04 Å². The Labute approximate surface area is 38.1 Å². The molecule has 3 heteroatoms. The van der Waals surface area contributed by atoms with Gasteiger partial charge in [-0.3, -0.25) is 4.57 Å². The molecule has 0 aromatic carbocycles. The molecule has 0 aliphatic carbocycles. The van der Waals surface area contributed by atoms with Gasteiger partial charge >= 0.3 is 0 Å². The standard InChI is InChI=1S/C3H6NOP/c5-6-2-3-1-4-3/h3-4H,1-2H2. The van der Waals surface area contributed by atoms with Crippen molar-refractivity contribution < 1.29 is 4.57 Å². The molecular formula is C3H6NOP. The molecule has 1 N–H and O–H groups in total. The summed E-state index contributed by atoms with van der Waals surface area (Å²) in [5.74, 6) is 0. The zero-order chi connectivity index (χ0) is 4.41. The number of nitrogens with one attached hydrogen (secondary N) is 1. The first-order chi connectivity index (χ1) is 2.93. The monoisotopic (exact) mass is 103 g/mol. The Morgan fingerprint density at radius 2 is 2.67 bits per heavy atom. The van der Waals surface area contributed by atoms with Gasteiger partial charge in [-0.25, -0.2) is 0 Å². The van der Waals surface area contributed by atoms with Gasteiger partial charge in [0.2, 0.25) is 0 Å². The Bertz CT molecular complexity index is 61.8. The van der Waals surface area contributed by atoms with Gasteiger partial charge in [0.1, 0.15) is 0 Å². The van der Waals surface area contributed by atoms with Crippen LogP contribution in [0.1, 0.15) is 0 Å². The number of hydrogen-bond acceptors (Lipinski definition) is 2. The smallest absolute Gasteiger partial charge is 0.156 e. The van der Waals surface area contributed by atoms with Crippen LogP contribution in [0.5, 0.6) is 0 Å². The second kappa shape index (κ2) is 1.67. The summed E-state index contributed by atoms with van der Waals surface area (Å²) in [6.07, 6.45) is 0.792. The molecule has 0 aromatic rings. The summed E-state index contributed by atoms with van der Waals surface area (Å²) in [7, 11) is 0.274. The largest absolute Gasteiger partial charge is 0.310 e. The van der Waals surface area contributed by atoms with E-state index in [2.05, 4.69) is 5.32 Å². The van der Waals surface area contributed by atoms with Gasteiger partial charge in [0.05, 0.1) is 0 Å². The minimum absolute atomic E-state index is 0.274. The minimum atomic E-state index is 0.274. The average molecular weight is 103 g/mol. The van der Waals surface area contributed by atoms with Crippen molar-refractivity contribution in [1.29, 1.82) is 0 Å². The lowest BCUT2D eigenvalue weighted by atomic mass is 10.6. The molecule has 1 saturated heterocycles. The lowest BCUT2D eigenvalue weighted by molar-refractivity contribution is 0.598. The molecule has 34 valence electrons. The summed E-state index contributed by atoms with van der Waals surface area (Å²) in [5.41, 5.74) is 0. The molecule has 1 rings (SSSR count). The van der Waals surface area contributed by atoms with Gasteiger partial charge in [-0.2, -0.15) is 0 Å². The molecule has 0 saturated carbocycles. The first-order valence-corrected chi connectivity index (χ1v) is 2.96. The Morgan fingerprint density at radius 1 is 2.00 bits per heavy atom. The van der Waals surface area contributed by atoms with E-state index in [0.717, 1.165) is 12.7 Å². The van der Waals surface area contributed by atoms with Gasteiger partial charge in [0, 0.05) is 18.7 Å². The van der Waals surface area contributed by atoms with E-state index in [0.29, 0.717) is 6.04 Å². The first kappa shape index (κ1) is 4.23. The van der Waals surface area contributed by atoms with E-state index in [1.54, 1.807) is 0 Å². The van der Waals surface area contributed by atoms with Crippen LogP contribution >= 0.6 is 8.46 Å². The van der Waals surface area contributed by atoms with Crippen LogP contribution in [0.15, 0.2) is 0 Å². The van der Waals surface area contributed by atoms with Gasteiger partial charge in [-0.1, -0.05) is 0 Å². The van der Waals surface area contributed by atoms with Gasteiger partial charge in [-0.05, 0) is 0 Å². The second-order valence-corrected chi connectivity index (χ2v) is 2.04. The van der Waals surface area contributed by atoms with E-state index < -0.39 is 0 Å². The Hall–Kier alpha value is 0.0600. The molecule has 0 amide bonds. The van der Waals surface area contributed by atoms with Gasteiger partial charge in [-0.15, -0.1) is 0 Å². The van der Waals surface area contributed by atoms with Crippen molar-refractivity contribution in [2.24, 2.45) is 0 Å². The topological polar surface area (TPSA) is 39.0 Å². The van der Waals surface area contributed by atoms with E-state index in [1.807, 2.05) is 0 Å². The first-order valence-electron chi connectivity index (χ1n) is 1.96. The quantitative estimate of drug-likeness (QED) is 0.402. The molecule has 0 spiro atoms. The molecule has 1 aliphatic heterocycles. The molecule has 2 nitrogen and oxygen atoms in total. The zero-order valence-corrected chi connectivity index (χ0v) is 4.24.